The van der Waals surface area contributed by atoms with Crippen LogP contribution in [0.1, 0.15) is 76.3 Å². The van der Waals surface area contributed by atoms with Gasteiger partial charge in [-0.15, -0.1) is 0 Å². The first kappa shape index (κ1) is 26.7. The van der Waals surface area contributed by atoms with E-state index in [0.717, 1.165) is 75.1 Å². The molecule has 0 aromatic carbocycles. The van der Waals surface area contributed by atoms with Crippen LogP contribution in [0, 0.1) is 5.92 Å². The predicted molar refractivity (Wildman–Crippen MR) is 142 cm³/mol. The van der Waals surface area contributed by atoms with Gasteiger partial charge in [0.25, 0.3) is 0 Å². The summed E-state index contributed by atoms with van der Waals surface area (Å²) in [6.45, 7) is 1.60. The topological polar surface area (TPSA) is 117 Å². The van der Waals surface area contributed by atoms with Gasteiger partial charge in [-0.25, -0.2) is 14.8 Å². The fraction of sp³-hybridized carbons (Fsp3) is 0.692. The number of unbranched alkanes of at least 4 members (excludes halogenated alkanes) is 4. The minimum absolute atomic E-state index is 0.372. The first-order valence-electron chi connectivity index (χ1n) is 13.5. The largest absolute Gasteiger partial charge is 0.465 e. The molecule has 36 heavy (non-hydrogen) atoms. The zero-order chi connectivity index (χ0) is 25.3. The molecule has 2 heterocycles. The lowest BCUT2D eigenvalue weighted by molar-refractivity contribution is 0.194. The van der Waals surface area contributed by atoms with Crippen LogP contribution in [0.2, 0.25) is 5.02 Å². The predicted octanol–water partition coefficient (Wildman–Crippen LogP) is 5.01. The summed E-state index contributed by atoms with van der Waals surface area (Å²) in [6, 6.07) is 0.946. The Morgan fingerprint density at radius 2 is 1.72 bits per heavy atom. The molecule has 198 valence electrons. The minimum Gasteiger partial charge on any atom is -0.465 e. The molecule has 2 aromatic heterocycles. The van der Waals surface area contributed by atoms with Crippen LogP contribution in [0.15, 0.2) is 12.4 Å². The van der Waals surface area contributed by atoms with E-state index in [1.807, 2.05) is 17.9 Å². The number of hydrogen-bond acceptors (Lipinski definition) is 6. The Kier molecular flexibility index (Phi) is 9.81. The monoisotopic (exact) mass is 517 g/mol. The fourth-order valence-corrected chi connectivity index (χ4v) is 5.22. The van der Waals surface area contributed by atoms with E-state index in [9.17, 15) is 4.79 Å². The molecular weight excluding hydrogens is 478 g/mol. The van der Waals surface area contributed by atoms with E-state index >= 15 is 0 Å². The summed E-state index contributed by atoms with van der Waals surface area (Å²) >= 11 is 6.52. The van der Waals surface area contributed by atoms with Crippen molar-refractivity contribution in [2.75, 3.05) is 18.4 Å². The van der Waals surface area contributed by atoms with E-state index in [1.54, 1.807) is 6.20 Å². The van der Waals surface area contributed by atoms with Crippen LogP contribution in [0.5, 0.6) is 0 Å². The Morgan fingerprint density at radius 1 is 1.03 bits per heavy atom. The summed E-state index contributed by atoms with van der Waals surface area (Å²) < 4.78 is 1.95. The van der Waals surface area contributed by atoms with Gasteiger partial charge in [-0.2, -0.15) is 5.10 Å². The zero-order valence-corrected chi connectivity index (χ0v) is 22.1. The third-order valence-electron chi connectivity index (χ3n) is 7.36. The lowest BCUT2D eigenvalue weighted by Crippen LogP contribution is -2.37. The Labute approximate surface area is 218 Å². The highest BCUT2D eigenvalue weighted by Gasteiger charge is 2.26. The number of carboxylic acid groups (broad SMARTS) is 1. The molecule has 1 amide bonds. The number of rotatable bonds is 14. The van der Waals surface area contributed by atoms with Crippen molar-refractivity contribution in [1.82, 2.24) is 30.4 Å². The van der Waals surface area contributed by atoms with E-state index in [2.05, 4.69) is 26.0 Å². The zero-order valence-electron chi connectivity index (χ0n) is 21.3. The van der Waals surface area contributed by atoms with Crippen LogP contribution < -0.4 is 16.0 Å². The maximum atomic E-state index is 10.4. The molecule has 2 aliphatic rings. The molecule has 2 saturated carbocycles. The SMILES string of the molecule is Cn1ncc(-c2nc(N[C@H]3CC[C@H](NCCCCCCCNC(=O)O)CC3)ncc2Cl)c1CC1CC1. The molecular formula is C26H40ClN7O2. The van der Waals surface area contributed by atoms with Crippen LogP contribution >= 0.6 is 11.6 Å². The molecule has 0 aliphatic heterocycles. The van der Waals surface area contributed by atoms with Gasteiger partial charge in [0.15, 0.2) is 0 Å². The lowest BCUT2D eigenvalue weighted by Gasteiger charge is -2.30. The van der Waals surface area contributed by atoms with Gasteiger partial charge >= 0.3 is 6.09 Å². The Bertz CT molecular complexity index is 987. The molecule has 2 aliphatic carbocycles. The third kappa shape index (κ3) is 8.06. The normalized spacial score (nSPS) is 19.8. The summed E-state index contributed by atoms with van der Waals surface area (Å²) in [5.74, 6) is 1.40. The maximum absolute atomic E-state index is 10.4. The van der Waals surface area contributed by atoms with Crippen molar-refractivity contribution in [3.63, 3.8) is 0 Å². The Balaban J connectivity index is 1.17. The molecule has 4 N–H and O–H groups in total. The average molecular weight is 518 g/mol. The van der Waals surface area contributed by atoms with Crippen molar-refractivity contribution in [3.05, 3.63) is 23.1 Å². The van der Waals surface area contributed by atoms with Crippen LogP contribution in [0.3, 0.4) is 0 Å². The van der Waals surface area contributed by atoms with Crippen molar-refractivity contribution in [2.24, 2.45) is 13.0 Å². The van der Waals surface area contributed by atoms with Crippen LogP contribution in [-0.2, 0) is 13.5 Å². The molecule has 0 saturated heterocycles. The van der Waals surface area contributed by atoms with Gasteiger partial charge in [0.1, 0.15) is 0 Å². The van der Waals surface area contributed by atoms with Gasteiger partial charge in [0.05, 0.1) is 23.1 Å². The van der Waals surface area contributed by atoms with Crippen molar-refractivity contribution < 1.29 is 9.90 Å². The minimum atomic E-state index is -0.933. The summed E-state index contributed by atoms with van der Waals surface area (Å²) in [4.78, 5) is 19.7. The van der Waals surface area contributed by atoms with Crippen molar-refractivity contribution in [1.29, 1.82) is 0 Å². The second-order valence-electron chi connectivity index (χ2n) is 10.3. The Morgan fingerprint density at radius 3 is 2.44 bits per heavy atom. The van der Waals surface area contributed by atoms with Gasteiger partial charge in [0.2, 0.25) is 5.95 Å². The maximum Gasteiger partial charge on any atom is 0.404 e. The van der Waals surface area contributed by atoms with Crippen LogP contribution in [-0.4, -0.2) is 56.1 Å². The van der Waals surface area contributed by atoms with Gasteiger partial charge < -0.3 is 21.1 Å². The lowest BCUT2D eigenvalue weighted by atomic mass is 9.91. The molecule has 0 atom stereocenters. The van der Waals surface area contributed by atoms with E-state index in [0.29, 0.717) is 29.6 Å². The second-order valence-corrected chi connectivity index (χ2v) is 10.7. The molecule has 0 radical (unpaired) electrons. The van der Waals surface area contributed by atoms with Crippen molar-refractivity contribution >= 4 is 23.6 Å². The molecule has 10 heteroatoms. The van der Waals surface area contributed by atoms with Crippen LogP contribution in [0.4, 0.5) is 10.7 Å². The summed E-state index contributed by atoms with van der Waals surface area (Å²) in [5.41, 5.74) is 2.99. The highest BCUT2D eigenvalue weighted by Crippen LogP contribution is 2.37. The molecule has 2 fully saturated rings. The van der Waals surface area contributed by atoms with E-state index in [1.165, 1.54) is 31.4 Å². The first-order chi connectivity index (χ1) is 17.5. The fourth-order valence-electron chi connectivity index (χ4n) is 5.03. The smallest absolute Gasteiger partial charge is 0.404 e. The standard InChI is InChI=1S/C26H40ClN7O2/c1-34-23(15-18-7-8-18)21(16-31-34)24-22(27)17-30-25(33-24)32-20-11-9-19(10-12-20)28-13-5-3-2-4-6-14-29-26(35)36/h16-20,28-29H,2-15H2,1H3,(H,35,36)(H,30,32,33)/t19-,20-. The van der Waals surface area contributed by atoms with Gasteiger partial charge in [-0.1, -0.05) is 30.9 Å². The highest BCUT2D eigenvalue weighted by atomic mass is 35.5. The molecule has 4 rings (SSSR count). The summed E-state index contributed by atoms with van der Waals surface area (Å²) in [6.07, 6.45) is 16.2. The first-order valence-corrected chi connectivity index (χ1v) is 13.9. The van der Waals surface area contributed by atoms with Gasteiger partial charge in [0, 0.05) is 36.9 Å². The molecule has 2 aromatic rings. The number of nitrogens with zero attached hydrogens (tertiary/aromatic N) is 4. The van der Waals surface area contributed by atoms with Crippen LogP contribution in [0.25, 0.3) is 11.3 Å². The summed E-state index contributed by atoms with van der Waals surface area (Å²) in [7, 11) is 1.99. The average Bonchev–Trinajstić information content (AvgIpc) is 3.62. The quantitative estimate of drug-likeness (QED) is 0.260. The summed E-state index contributed by atoms with van der Waals surface area (Å²) in [5, 5.41) is 23.3. The number of nitrogens with one attached hydrogen (secondary N) is 3. The van der Waals surface area contributed by atoms with Crippen molar-refractivity contribution in [2.45, 2.75) is 89.1 Å². The molecule has 0 unspecified atom stereocenters. The van der Waals surface area contributed by atoms with E-state index in [4.69, 9.17) is 21.7 Å². The number of aromatic nitrogens is 4. The van der Waals surface area contributed by atoms with Gasteiger partial charge in [-0.05, 0) is 70.3 Å². The van der Waals surface area contributed by atoms with E-state index in [-0.39, 0.29) is 0 Å². The molecule has 0 bridgehead atoms. The third-order valence-corrected chi connectivity index (χ3v) is 7.64. The Hall–Kier alpha value is -2.39. The molecule has 0 spiro atoms. The van der Waals surface area contributed by atoms with Gasteiger partial charge in [-0.3, -0.25) is 4.68 Å². The number of aryl methyl sites for hydroxylation is 1. The number of amides is 1. The number of carbonyl (C=O) groups is 1. The highest BCUT2D eigenvalue weighted by molar-refractivity contribution is 6.32. The van der Waals surface area contributed by atoms with E-state index < -0.39 is 6.09 Å². The van der Waals surface area contributed by atoms with Crippen molar-refractivity contribution in [3.8, 4) is 11.3 Å². The second kappa shape index (κ2) is 13.2. The number of halogens is 1. The molecule has 9 nitrogen and oxygen atoms in total. The number of hydrogen-bond donors (Lipinski definition) is 4. The number of anilines is 1.